The van der Waals surface area contributed by atoms with Crippen molar-refractivity contribution in [2.75, 3.05) is 0 Å². The third kappa shape index (κ3) is 9.41. The second kappa shape index (κ2) is 24.5. The molecule has 528 valence electrons. The van der Waals surface area contributed by atoms with Crippen LogP contribution in [-0.4, -0.2) is 28.2 Å². The third-order valence-corrected chi connectivity index (χ3v) is 26.3. The normalized spacial score (nSPS) is 12.2. The van der Waals surface area contributed by atoms with E-state index < -0.39 is 0 Å². The molecule has 0 atom stereocenters. The first kappa shape index (κ1) is 63.3. The number of thiophene rings is 2. The fourth-order valence-electron chi connectivity index (χ4n) is 19.0. The molecule has 0 amide bonds. The lowest BCUT2D eigenvalue weighted by molar-refractivity contribution is 1.01. The van der Waals surface area contributed by atoms with Crippen LogP contribution in [0, 0.1) is 0 Å². The lowest BCUT2D eigenvalue weighted by Crippen LogP contribution is -2.03. The zero-order valence-electron chi connectivity index (χ0n) is 61.3. The summed E-state index contributed by atoms with van der Waals surface area (Å²) in [6.45, 7) is 0. The maximum atomic E-state index is 5.45. The Morgan fingerprint density at radius 3 is 1.30 bits per heavy atom. The van der Waals surface area contributed by atoms with Gasteiger partial charge in [0.25, 0.3) is 0 Å². The standard InChI is InChI=1S/C106H62N6S2/c1-4-23-63(24-5-1)68-30-22-31-73(54-68)109-93-57-69(47-48-79(93)84-60-86-99(61-95(84)109)113-98-52-50-92-102(104(86)98)82-38-17-21-42-90(82)112(92)106-107-87-39-18-14-36-80(87)105(108-106)67-27-8-3-9-28-67)65-43-45-66(46-44-65)72-53-71(64-25-6-2-7-26-64)55-74(56-72)110-89-41-20-16-37-81(89)101-91(110)49-51-97-103(101)85-59-83-78-35-15-19-40-88(78)111(96(83)62-100(85)114-97)94-58-70-29-10-11-32-75(70)76-33-12-13-34-77(76)94/h1-62H. The minimum atomic E-state index is 0.651. The van der Waals surface area contributed by atoms with Crippen LogP contribution >= 0.6 is 22.7 Å². The van der Waals surface area contributed by atoms with Crippen LogP contribution in [0.3, 0.4) is 0 Å². The summed E-state index contributed by atoms with van der Waals surface area (Å²) in [6, 6.07) is 139. The number of rotatable bonds is 9. The molecule has 0 aliphatic carbocycles. The summed E-state index contributed by atoms with van der Waals surface area (Å²) in [4.78, 5) is 10.8. The van der Waals surface area contributed by atoms with Crippen LogP contribution in [0.25, 0.3) is 239 Å². The fraction of sp³-hybridized carbons (Fsp3) is 0. The van der Waals surface area contributed by atoms with E-state index in [0.717, 1.165) is 83.4 Å². The van der Waals surface area contributed by atoms with Gasteiger partial charge in [0.1, 0.15) is 0 Å². The van der Waals surface area contributed by atoms with E-state index in [1.54, 1.807) is 0 Å². The number of nitrogens with zero attached hydrogens (tertiary/aromatic N) is 6. The van der Waals surface area contributed by atoms with Crippen molar-refractivity contribution < 1.29 is 0 Å². The summed E-state index contributed by atoms with van der Waals surface area (Å²) >= 11 is 3.76. The molecule has 0 aliphatic heterocycles. The third-order valence-electron chi connectivity index (χ3n) is 24.1. The zero-order valence-corrected chi connectivity index (χ0v) is 62.9. The molecule has 7 heterocycles. The quantitative estimate of drug-likeness (QED) is 0.135. The first-order chi connectivity index (χ1) is 56.5. The summed E-state index contributed by atoms with van der Waals surface area (Å²) in [6.07, 6.45) is 0. The van der Waals surface area contributed by atoms with Crippen molar-refractivity contribution in [1.82, 2.24) is 28.2 Å². The van der Waals surface area contributed by atoms with Gasteiger partial charge in [0, 0.05) is 111 Å². The Morgan fingerprint density at radius 2 is 0.640 bits per heavy atom. The van der Waals surface area contributed by atoms with Gasteiger partial charge < -0.3 is 13.7 Å². The van der Waals surface area contributed by atoms with E-state index in [2.05, 4.69) is 394 Å². The highest BCUT2D eigenvalue weighted by Gasteiger charge is 2.27. The summed E-state index contributed by atoms with van der Waals surface area (Å²) in [5, 5.41) is 20.9. The van der Waals surface area contributed by atoms with Crippen LogP contribution < -0.4 is 0 Å². The SMILES string of the molecule is c1ccc(-c2cccc(-n3c4cc(-c5ccc(-c6cc(-c7ccccc7)cc(-n7c8ccccc8c8c9c(ccc87)sc7cc8c(cc79)c7ccccc7n8-c7cc8ccccc8c8ccccc78)c6)cc5)ccc4c4cc5c(cc43)sc3ccc4c(c6ccccc6n4-c4nc(-c6ccccc6)c6ccccc6n4)c35)c2)cc1. The predicted octanol–water partition coefficient (Wildman–Crippen LogP) is 29.4. The average molecular weight is 1480 g/mol. The Balaban J connectivity index is 0.637. The topological polar surface area (TPSA) is 45.5 Å². The fourth-order valence-corrected chi connectivity index (χ4v) is 21.3. The lowest BCUT2D eigenvalue weighted by atomic mass is 9.96. The molecule has 0 radical (unpaired) electrons. The molecule has 0 aliphatic rings. The Kier molecular flexibility index (Phi) is 13.6. The van der Waals surface area contributed by atoms with Crippen molar-refractivity contribution in [3.63, 3.8) is 0 Å². The van der Waals surface area contributed by atoms with E-state index in [9.17, 15) is 0 Å². The number of hydrogen-bond donors (Lipinski definition) is 0. The van der Waals surface area contributed by atoms with E-state index in [1.807, 2.05) is 22.7 Å². The molecule has 7 aromatic heterocycles. The zero-order chi connectivity index (χ0) is 74.4. The van der Waals surface area contributed by atoms with Gasteiger partial charge in [-0.3, -0.25) is 4.57 Å². The van der Waals surface area contributed by atoms with Crippen molar-refractivity contribution >= 4 is 183 Å². The Bertz CT molecular complexity index is 8410. The van der Waals surface area contributed by atoms with Gasteiger partial charge in [-0.25, -0.2) is 9.97 Å². The molecule has 25 rings (SSSR count). The monoisotopic (exact) mass is 1480 g/mol. The van der Waals surface area contributed by atoms with Crippen LogP contribution in [0.15, 0.2) is 376 Å². The molecule has 25 aromatic rings. The summed E-state index contributed by atoms with van der Waals surface area (Å²) in [5.74, 6) is 0.651. The number of fused-ring (bicyclic) bond motifs is 24. The van der Waals surface area contributed by atoms with Crippen molar-refractivity contribution in [2.45, 2.75) is 0 Å². The van der Waals surface area contributed by atoms with Gasteiger partial charge in [0.2, 0.25) is 5.95 Å². The van der Waals surface area contributed by atoms with Crippen molar-refractivity contribution in [2.24, 2.45) is 0 Å². The Morgan fingerprint density at radius 1 is 0.193 bits per heavy atom. The van der Waals surface area contributed by atoms with Crippen molar-refractivity contribution in [3.8, 4) is 78.8 Å². The van der Waals surface area contributed by atoms with Gasteiger partial charge in [0.05, 0.1) is 61.0 Å². The summed E-state index contributed by atoms with van der Waals surface area (Å²) < 4.78 is 14.8. The highest BCUT2D eigenvalue weighted by molar-refractivity contribution is 7.26. The molecular formula is C106H62N6S2. The van der Waals surface area contributed by atoms with Gasteiger partial charge in [-0.15, -0.1) is 22.7 Å². The van der Waals surface area contributed by atoms with Gasteiger partial charge in [-0.2, -0.15) is 0 Å². The van der Waals surface area contributed by atoms with Gasteiger partial charge in [-0.1, -0.05) is 261 Å². The van der Waals surface area contributed by atoms with Crippen molar-refractivity contribution in [3.05, 3.63) is 376 Å². The highest BCUT2D eigenvalue weighted by atomic mass is 32.1. The molecule has 114 heavy (non-hydrogen) atoms. The van der Waals surface area contributed by atoms with Crippen LogP contribution in [0.5, 0.6) is 0 Å². The lowest BCUT2D eigenvalue weighted by Gasteiger charge is -2.14. The first-order valence-corrected chi connectivity index (χ1v) is 40.5. The van der Waals surface area contributed by atoms with Crippen LogP contribution in [0.2, 0.25) is 0 Å². The largest absolute Gasteiger partial charge is 0.309 e. The molecule has 0 fully saturated rings. The second-order valence-corrected chi connectivity index (χ2v) is 32.4. The molecule has 0 bridgehead atoms. The molecule has 0 N–H and O–H groups in total. The molecule has 6 nitrogen and oxygen atoms in total. The summed E-state index contributed by atoms with van der Waals surface area (Å²) in [7, 11) is 0. The molecule has 18 aromatic carbocycles. The smallest absolute Gasteiger partial charge is 0.235 e. The van der Waals surface area contributed by atoms with Crippen LogP contribution in [-0.2, 0) is 0 Å². The van der Waals surface area contributed by atoms with E-state index >= 15 is 0 Å². The highest BCUT2D eigenvalue weighted by Crippen LogP contribution is 2.51. The summed E-state index contributed by atoms with van der Waals surface area (Å²) in [5.41, 5.74) is 24.8. The molecule has 8 heteroatoms. The molecule has 0 unspecified atom stereocenters. The number of hydrogen-bond acceptors (Lipinski definition) is 4. The van der Waals surface area contributed by atoms with Crippen LogP contribution in [0.1, 0.15) is 0 Å². The second-order valence-electron chi connectivity index (χ2n) is 30.3. The van der Waals surface area contributed by atoms with Crippen molar-refractivity contribution in [1.29, 1.82) is 0 Å². The van der Waals surface area contributed by atoms with E-state index in [4.69, 9.17) is 9.97 Å². The Hall–Kier alpha value is -14.5. The minimum absolute atomic E-state index is 0.651. The molecule has 0 spiro atoms. The molecular weight excluding hydrogens is 1420 g/mol. The van der Waals surface area contributed by atoms with E-state index in [1.165, 1.54) is 149 Å². The predicted molar refractivity (Wildman–Crippen MR) is 485 cm³/mol. The van der Waals surface area contributed by atoms with E-state index in [-0.39, 0.29) is 0 Å². The molecule has 0 saturated heterocycles. The number of benzene rings is 18. The first-order valence-electron chi connectivity index (χ1n) is 38.9. The number of para-hydroxylation sites is 4. The van der Waals surface area contributed by atoms with Gasteiger partial charge in [-0.05, 0) is 176 Å². The van der Waals surface area contributed by atoms with Crippen LogP contribution in [0.4, 0.5) is 0 Å². The van der Waals surface area contributed by atoms with E-state index in [0.29, 0.717) is 5.95 Å². The molecule has 0 saturated carbocycles. The maximum absolute atomic E-state index is 5.45. The van der Waals surface area contributed by atoms with Gasteiger partial charge >= 0.3 is 0 Å². The average Bonchev–Trinajstić information content (AvgIpc) is 1.55. The number of aromatic nitrogens is 6. The van der Waals surface area contributed by atoms with Gasteiger partial charge in [0.15, 0.2) is 0 Å². The maximum Gasteiger partial charge on any atom is 0.235 e. The minimum Gasteiger partial charge on any atom is -0.309 e. The Labute approximate surface area is 661 Å².